The maximum atomic E-state index is 13.0. The van der Waals surface area contributed by atoms with Crippen molar-refractivity contribution < 1.29 is 9.59 Å². The molecule has 126 valence electrons. The van der Waals surface area contributed by atoms with Gasteiger partial charge in [0.25, 0.3) is 5.91 Å². The van der Waals surface area contributed by atoms with E-state index in [0.29, 0.717) is 0 Å². The first kappa shape index (κ1) is 16.5. The molecular weight excluding hydrogens is 308 g/mol. The molecule has 1 N–H and O–H groups in total. The summed E-state index contributed by atoms with van der Waals surface area (Å²) >= 11 is 1.56. The number of nitrogens with one attached hydrogen (secondary N) is 1. The first-order valence-corrected chi connectivity index (χ1v) is 9.82. The van der Waals surface area contributed by atoms with Crippen molar-refractivity contribution in [2.75, 3.05) is 13.1 Å². The van der Waals surface area contributed by atoms with Crippen molar-refractivity contribution in [3.8, 4) is 0 Å². The van der Waals surface area contributed by atoms with Crippen LogP contribution in [0.1, 0.15) is 61.7 Å². The number of hydrogen-bond acceptors (Lipinski definition) is 3. The minimum Gasteiger partial charge on any atom is -0.356 e. The quantitative estimate of drug-likeness (QED) is 0.855. The third-order valence-electron chi connectivity index (χ3n) is 5.12. The van der Waals surface area contributed by atoms with Crippen LogP contribution < -0.4 is 5.32 Å². The molecule has 0 spiro atoms. The number of amides is 2. The van der Waals surface area contributed by atoms with Crippen LogP contribution >= 0.6 is 11.3 Å². The van der Waals surface area contributed by atoms with Gasteiger partial charge in [-0.25, -0.2) is 0 Å². The summed E-state index contributed by atoms with van der Waals surface area (Å²) in [5.74, 6) is 0.222. The highest BCUT2D eigenvalue weighted by Crippen LogP contribution is 2.31. The summed E-state index contributed by atoms with van der Waals surface area (Å²) in [6.07, 6.45) is 8.39. The number of rotatable bonds is 1. The molecule has 0 radical (unpaired) electrons. The lowest BCUT2D eigenvalue weighted by Crippen LogP contribution is -2.51. The molecule has 1 saturated carbocycles. The van der Waals surface area contributed by atoms with Crippen LogP contribution in [0, 0.1) is 5.92 Å². The van der Waals surface area contributed by atoms with Crippen LogP contribution in [0.15, 0.2) is 16.8 Å². The van der Waals surface area contributed by atoms with Crippen molar-refractivity contribution in [3.63, 3.8) is 0 Å². The lowest BCUT2D eigenvalue weighted by atomic mass is 9.82. The first-order chi connectivity index (χ1) is 11.3. The molecule has 2 aliphatic rings. The largest absolute Gasteiger partial charge is 0.356 e. The molecule has 2 fully saturated rings. The Morgan fingerprint density at radius 3 is 2.78 bits per heavy atom. The van der Waals surface area contributed by atoms with E-state index in [1.165, 1.54) is 0 Å². The maximum Gasteiger partial charge on any atom is 0.254 e. The van der Waals surface area contributed by atoms with Crippen molar-refractivity contribution in [2.45, 2.75) is 57.4 Å². The average molecular weight is 334 g/mol. The monoisotopic (exact) mass is 334 g/mol. The SMILES string of the molecule is O=C1NCCCCCCN(C(=O)c2ccsc2)[C@H]2CCCC[C@@H]12. The van der Waals surface area contributed by atoms with Gasteiger partial charge in [0.05, 0.1) is 11.5 Å². The molecule has 2 heterocycles. The zero-order chi connectivity index (χ0) is 16.1. The summed E-state index contributed by atoms with van der Waals surface area (Å²) in [5.41, 5.74) is 0.773. The normalized spacial score (nSPS) is 26.8. The van der Waals surface area contributed by atoms with E-state index in [2.05, 4.69) is 5.32 Å². The van der Waals surface area contributed by atoms with Gasteiger partial charge in [-0.1, -0.05) is 25.7 Å². The molecule has 5 heteroatoms. The molecule has 3 rings (SSSR count). The number of fused-ring (bicyclic) bond motifs is 1. The zero-order valence-electron chi connectivity index (χ0n) is 13.6. The van der Waals surface area contributed by atoms with E-state index in [1.807, 2.05) is 21.7 Å². The Bertz CT molecular complexity index is 529. The Hall–Kier alpha value is -1.36. The van der Waals surface area contributed by atoms with Gasteiger partial charge >= 0.3 is 0 Å². The second kappa shape index (κ2) is 7.95. The molecule has 0 bridgehead atoms. The van der Waals surface area contributed by atoms with Crippen LogP contribution in [-0.2, 0) is 4.79 Å². The lowest BCUT2D eigenvalue weighted by molar-refractivity contribution is -0.128. The highest BCUT2D eigenvalue weighted by Gasteiger charge is 2.37. The van der Waals surface area contributed by atoms with Gasteiger partial charge in [0.2, 0.25) is 5.91 Å². The van der Waals surface area contributed by atoms with E-state index in [1.54, 1.807) is 11.3 Å². The fraction of sp³-hybridized carbons (Fsp3) is 0.667. The lowest BCUT2D eigenvalue weighted by Gasteiger charge is -2.39. The molecule has 2 atom stereocenters. The number of nitrogens with zero attached hydrogens (tertiary/aromatic N) is 1. The van der Waals surface area contributed by atoms with Crippen LogP contribution in [0.3, 0.4) is 0 Å². The van der Waals surface area contributed by atoms with E-state index >= 15 is 0 Å². The molecule has 1 aliphatic heterocycles. The highest BCUT2D eigenvalue weighted by molar-refractivity contribution is 7.08. The Balaban J connectivity index is 1.85. The molecule has 23 heavy (non-hydrogen) atoms. The van der Waals surface area contributed by atoms with Crippen molar-refractivity contribution in [3.05, 3.63) is 22.4 Å². The van der Waals surface area contributed by atoms with Crippen LogP contribution in [0.25, 0.3) is 0 Å². The molecule has 1 saturated heterocycles. The first-order valence-electron chi connectivity index (χ1n) is 8.88. The average Bonchev–Trinajstić information content (AvgIpc) is 3.10. The zero-order valence-corrected chi connectivity index (χ0v) is 14.4. The van der Waals surface area contributed by atoms with Gasteiger partial charge in [-0.3, -0.25) is 9.59 Å². The summed E-state index contributed by atoms with van der Waals surface area (Å²) in [6, 6.07) is 1.96. The van der Waals surface area contributed by atoms with E-state index < -0.39 is 0 Å². The summed E-state index contributed by atoms with van der Waals surface area (Å²) in [6.45, 7) is 1.56. The Labute approximate surface area is 142 Å². The summed E-state index contributed by atoms with van der Waals surface area (Å²) in [7, 11) is 0. The number of thiophene rings is 1. The molecule has 4 nitrogen and oxygen atoms in total. The van der Waals surface area contributed by atoms with Crippen molar-refractivity contribution in [1.82, 2.24) is 10.2 Å². The van der Waals surface area contributed by atoms with Gasteiger partial charge in [0.1, 0.15) is 0 Å². The van der Waals surface area contributed by atoms with E-state index in [0.717, 1.165) is 70.0 Å². The van der Waals surface area contributed by atoms with Gasteiger partial charge in [0.15, 0.2) is 0 Å². The maximum absolute atomic E-state index is 13.0. The van der Waals surface area contributed by atoms with Gasteiger partial charge in [-0.05, 0) is 37.1 Å². The Morgan fingerprint density at radius 1 is 1.13 bits per heavy atom. The second-order valence-electron chi connectivity index (χ2n) is 6.67. The summed E-state index contributed by atoms with van der Waals surface area (Å²) in [4.78, 5) is 27.6. The van der Waals surface area contributed by atoms with Gasteiger partial charge in [-0.2, -0.15) is 11.3 Å². The van der Waals surface area contributed by atoms with Crippen molar-refractivity contribution >= 4 is 23.2 Å². The predicted octanol–water partition coefficient (Wildman–Crippen LogP) is 3.44. The topological polar surface area (TPSA) is 49.4 Å². The minimum atomic E-state index is -0.0376. The number of carbonyl (C=O) groups is 2. The third-order valence-corrected chi connectivity index (χ3v) is 5.80. The standard InChI is InChI=1S/C18H26N2O2S/c21-17-15-7-3-4-8-16(15)20(11-6-2-1-5-10-19-17)18(22)14-9-12-23-13-14/h9,12-13,15-16H,1-8,10-11H2,(H,19,21)/t15-,16+/m1/s1. The van der Waals surface area contributed by atoms with Crippen LogP contribution in [-0.4, -0.2) is 35.8 Å². The highest BCUT2D eigenvalue weighted by atomic mass is 32.1. The second-order valence-corrected chi connectivity index (χ2v) is 7.45. The van der Waals surface area contributed by atoms with Gasteiger partial charge in [0, 0.05) is 24.5 Å². The Morgan fingerprint density at radius 2 is 1.96 bits per heavy atom. The molecular formula is C18H26N2O2S. The Kier molecular flexibility index (Phi) is 5.70. The molecule has 2 amide bonds. The third kappa shape index (κ3) is 3.94. The van der Waals surface area contributed by atoms with Gasteiger partial charge in [-0.15, -0.1) is 0 Å². The van der Waals surface area contributed by atoms with E-state index in [9.17, 15) is 9.59 Å². The van der Waals surface area contributed by atoms with Gasteiger partial charge < -0.3 is 10.2 Å². The van der Waals surface area contributed by atoms with E-state index in [4.69, 9.17) is 0 Å². The molecule has 0 aromatic carbocycles. The van der Waals surface area contributed by atoms with Crippen LogP contribution in [0.2, 0.25) is 0 Å². The van der Waals surface area contributed by atoms with Crippen LogP contribution in [0.5, 0.6) is 0 Å². The number of carbonyl (C=O) groups excluding carboxylic acids is 2. The fourth-order valence-electron chi connectivity index (χ4n) is 3.86. The number of hydrogen-bond donors (Lipinski definition) is 1. The molecule has 1 aromatic heterocycles. The molecule has 1 aromatic rings. The summed E-state index contributed by atoms with van der Waals surface area (Å²) < 4.78 is 0. The minimum absolute atomic E-state index is 0.0376. The molecule has 1 aliphatic carbocycles. The van der Waals surface area contributed by atoms with E-state index in [-0.39, 0.29) is 23.8 Å². The smallest absolute Gasteiger partial charge is 0.254 e. The predicted molar refractivity (Wildman–Crippen MR) is 92.6 cm³/mol. The van der Waals surface area contributed by atoms with Crippen LogP contribution in [0.4, 0.5) is 0 Å². The van der Waals surface area contributed by atoms with Crippen molar-refractivity contribution in [2.24, 2.45) is 5.92 Å². The molecule has 0 unspecified atom stereocenters. The van der Waals surface area contributed by atoms with Crippen molar-refractivity contribution in [1.29, 1.82) is 0 Å². The summed E-state index contributed by atoms with van der Waals surface area (Å²) in [5, 5.41) is 6.97. The fourth-order valence-corrected chi connectivity index (χ4v) is 4.49.